The van der Waals surface area contributed by atoms with Gasteiger partial charge in [-0.2, -0.15) is 0 Å². The molecule has 8 rings (SSSR count). The van der Waals surface area contributed by atoms with Crippen molar-refractivity contribution in [1.82, 2.24) is 14.5 Å². The molecular formula is C36H25N3O. The molecule has 3 heterocycles. The van der Waals surface area contributed by atoms with Crippen molar-refractivity contribution in [3.05, 3.63) is 138 Å². The fourth-order valence-electron chi connectivity index (χ4n) is 6.05. The maximum atomic E-state index is 6.45. The summed E-state index contributed by atoms with van der Waals surface area (Å²) in [5.74, 6) is 2.45. The van der Waals surface area contributed by atoms with Crippen molar-refractivity contribution in [1.29, 1.82) is 0 Å². The third-order valence-corrected chi connectivity index (χ3v) is 7.82. The molecule has 40 heavy (non-hydrogen) atoms. The normalized spacial score (nSPS) is 12.0. The molecule has 7 aromatic rings. The van der Waals surface area contributed by atoms with Crippen LogP contribution in [0.4, 0.5) is 0 Å². The van der Waals surface area contributed by atoms with Gasteiger partial charge in [-0.25, -0.2) is 4.98 Å². The number of rotatable bonds is 4. The summed E-state index contributed by atoms with van der Waals surface area (Å²) in [6.45, 7) is 2.11. The molecule has 0 atom stereocenters. The second-order valence-corrected chi connectivity index (χ2v) is 10.4. The van der Waals surface area contributed by atoms with Gasteiger partial charge in [0.15, 0.2) is 0 Å². The Labute approximate surface area is 232 Å². The molecule has 4 heteroatoms. The first-order valence-electron chi connectivity index (χ1n) is 13.5. The molecule has 0 N–H and O–H groups in total. The molecule has 0 saturated heterocycles. The van der Waals surface area contributed by atoms with Crippen LogP contribution in [0.3, 0.4) is 0 Å². The average Bonchev–Trinajstić information content (AvgIpc) is 3.53. The highest BCUT2D eigenvalue weighted by Gasteiger charge is 2.25. The second kappa shape index (κ2) is 8.92. The first-order valence-corrected chi connectivity index (χ1v) is 13.5. The summed E-state index contributed by atoms with van der Waals surface area (Å²) in [4.78, 5) is 9.29. The molecule has 3 aromatic heterocycles. The number of nitrogens with zero attached hydrogens (tertiary/aromatic N) is 3. The van der Waals surface area contributed by atoms with E-state index in [1.165, 1.54) is 38.6 Å². The molecule has 0 aliphatic heterocycles. The van der Waals surface area contributed by atoms with Crippen molar-refractivity contribution < 1.29 is 4.74 Å². The van der Waals surface area contributed by atoms with Gasteiger partial charge in [-0.15, -0.1) is 0 Å². The molecule has 1 aliphatic carbocycles. The highest BCUT2D eigenvalue weighted by molar-refractivity contribution is 6.17. The van der Waals surface area contributed by atoms with Crippen LogP contribution in [-0.2, 0) is 6.42 Å². The molecule has 0 saturated carbocycles. The smallest absolute Gasteiger partial charge is 0.137 e. The van der Waals surface area contributed by atoms with Crippen LogP contribution in [0.1, 0.15) is 16.7 Å². The van der Waals surface area contributed by atoms with E-state index < -0.39 is 0 Å². The molecule has 0 bridgehead atoms. The zero-order valence-corrected chi connectivity index (χ0v) is 22.0. The fourth-order valence-corrected chi connectivity index (χ4v) is 6.05. The quantitative estimate of drug-likeness (QED) is 0.235. The van der Waals surface area contributed by atoms with Crippen LogP contribution in [-0.4, -0.2) is 14.5 Å². The van der Waals surface area contributed by atoms with E-state index in [-0.39, 0.29) is 0 Å². The molecule has 0 amide bonds. The van der Waals surface area contributed by atoms with Crippen LogP contribution in [0.25, 0.3) is 50.0 Å². The highest BCUT2D eigenvalue weighted by atomic mass is 16.5. The third kappa shape index (κ3) is 3.61. The molecule has 4 nitrogen and oxygen atoms in total. The molecular weight excluding hydrogens is 490 g/mol. The largest absolute Gasteiger partial charge is 0.457 e. The maximum absolute atomic E-state index is 6.45. The van der Waals surface area contributed by atoms with Gasteiger partial charge in [0, 0.05) is 34.8 Å². The van der Waals surface area contributed by atoms with Crippen LogP contribution in [0.5, 0.6) is 11.5 Å². The zero-order chi connectivity index (χ0) is 26.6. The molecule has 0 spiro atoms. The Hall–Kier alpha value is -5.22. The van der Waals surface area contributed by atoms with E-state index in [4.69, 9.17) is 9.72 Å². The number of fused-ring (bicyclic) bond motifs is 7. The number of aromatic nitrogens is 3. The van der Waals surface area contributed by atoms with E-state index in [0.29, 0.717) is 0 Å². The summed E-state index contributed by atoms with van der Waals surface area (Å²) in [5, 5.41) is 2.46. The van der Waals surface area contributed by atoms with Crippen LogP contribution < -0.4 is 4.74 Å². The van der Waals surface area contributed by atoms with Crippen molar-refractivity contribution in [3.8, 4) is 39.7 Å². The van der Waals surface area contributed by atoms with Gasteiger partial charge in [-0.05, 0) is 95.8 Å². The first kappa shape index (κ1) is 22.7. The number of benzene rings is 4. The summed E-state index contributed by atoms with van der Waals surface area (Å²) in [6.07, 6.45) is 4.66. The minimum atomic E-state index is 0.772. The predicted molar refractivity (Wildman–Crippen MR) is 161 cm³/mol. The molecule has 1 aliphatic rings. The Kier molecular flexibility index (Phi) is 5.07. The highest BCUT2D eigenvalue weighted by Crippen LogP contribution is 2.46. The van der Waals surface area contributed by atoms with Gasteiger partial charge in [0.05, 0.1) is 16.7 Å². The number of hydrogen-bond donors (Lipinski definition) is 0. The van der Waals surface area contributed by atoms with Crippen molar-refractivity contribution in [2.75, 3.05) is 0 Å². The van der Waals surface area contributed by atoms with Gasteiger partial charge in [0.25, 0.3) is 0 Å². The van der Waals surface area contributed by atoms with E-state index in [2.05, 4.69) is 83.2 Å². The van der Waals surface area contributed by atoms with Crippen molar-refractivity contribution in [2.24, 2.45) is 0 Å². The van der Waals surface area contributed by atoms with Gasteiger partial charge < -0.3 is 4.74 Å². The van der Waals surface area contributed by atoms with Crippen LogP contribution in [0.2, 0.25) is 0 Å². The van der Waals surface area contributed by atoms with Crippen molar-refractivity contribution >= 4 is 21.8 Å². The summed E-state index contributed by atoms with van der Waals surface area (Å²) >= 11 is 0. The Morgan fingerprint density at radius 1 is 0.675 bits per heavy atom. The number of aryl methyl sites for hydroxylation is 1. The maximum Gasteiger partial charge on any atom is 0.137 e. The molecule has 0 radical (unpaired) electrons. The number of ether oxygens (including phenoxy) is 1. The van der Waals surface area contributed by atoms with E-state index in [1.54, 1.807) is 0 Å². The summed E-state index contributed by atoms with van der Waals surface area (Å²) in [6, 6.07) is 37.9. The van der Waals surface area contributed by atoms with Crippen molar-refractivity contribution in [2.45, 2.75) is 13.3 Å². The second-order valence-electron chi connectivity index (χ2n) is 10.4. The minimum absolute atomic E-state index is 0.772. The fraction of sp³-hybridized carbons (Fsp3) is 0.0556. The van der Waals surface area contributed by atoms with Crippen LogP contribution in [0, 0.1) is 6.92 Å². The SMILES string of the molecule is Cc1ccnc(-n2c3cc(Oc4cccc(-c5ccccn5)c4)ccc3c3c4c(ccc32)Cc2ccccc2-4)c1. The monoisotopic (exact) mass is 515 g/mol. The van der Waals surface area contributed by atoms with E-state index in [1.807, 2.05) is 54.9 Å². The van der Waals surface area contributed by atoms with E-state index in [9.17, 15) is 0 Å². The first-order chi connectivity index (χ1) is 19.7. The van der Waals surface area contributed by atoms with Crippen LogP contribution in [0.15, 0.2) is 122 Å². The molecule has 4 aromatic carbocycles. The van der Waals surface area contributed by atoms with Gasteiger partial charge in [0.1, 0.15) is 17.3 Å². The standard InChI is InChI=1S/C36H25N3O/c1-23-16-18-38-34(19-23)39-32-15-12-26-20-24-7-2-3-10-29(24)35(26)36(32)30-14-13-28(22-33(30)39)40-27-9-6-8-25(21-27)31-11-4-5-17-37-31/h2-19,21-22H,20H2,1H3. The number of hydrogen-bond acceptors (Lipinski definition) is 3. The number of pyridine rings is 2. The van der Waals surface area contributed by atoms with E-state index in [0.717, 1.165) is 46.0 Å². The Morgan fingerprint density at radius 2 is 1.57 bits per heavy atom. The lowest BCUT2D eigenvalue weighted by Crippen LogP contribution is -1.98. The lowest BCUT2D eigenvalue weighted by molar-refractivity contribution is 0.483. The summed E-state index contributed by atoms with van der Waals surface area (Å²) in [5.41, 5.74) is 10.7. The summed E-state index contributed by atoms with van der Waals surface area (Å²) in [7, 11) is 0. The topological polar surface area (TPSA) is 39.9 Å². The lowest BCUT2D eigenvalue weighted by Gasteiger charge is -2.10. The summed E-state index contributed by atoms with van der Waals surface area (Å²) < 4.78 is 8.72. The predicted octanol–water partition coefficient (Wildman–Crippen LogP) is 8.91. The van der Waals surface area contributed by atoms with Gasteiger partial charge in [0.2, 0.25) is 0 Å². The Morgan fingerprint density at radius 3 is 2.48 bits per heavy atom. The van der Waals surface area contributed by atoms with Crippen molar-refractivity contribution in [3.63, 3.8) is 0 Å². The van der Waals surface area contributed by atoms with Crippen LogP contribution >= 0.6 is 0 Å². The zero-order valence-electron chi connectivity index (χ0n) is 22.0. The molecule has 0 unspecified atom stereocenters. The van der Waals surface area contributed by atoms with Gasteiger partial charge >= 0.3 is 0 Å². The lowest BCUT2D eigenvalue weighted by atomic mass is 9.99. The van der Waals surface area contributed by atoms with Gasteiger partial charge in [-0.3, -0.25) is 9.55 Å². The Balaban J connectivity index is 1.33. The minimum Gasteiger partial charge on any atom is -0.457 e. The van der Waals surface area contributed by atoms with E-state index >= 15 is 0 Å². The Bertz CT molecular complexity index is 2070. The van der Waals surface area contributed by atoms with Gasteiger partial charge in [-0.1, -0.05) is 48.5 Å². The molecule has 0 fully saturated rings. The molecule has 190 valence electrons. The third-order valence-electron chi connectivity index (χ3n) is 7.82. The average molecular weight is 516 g/mol.